The molecule has 2 atom stereocenters. The molecule has 2 unspecified atom stereocenters. The Hall–Kier alpha value is -0.610. The maximum Gasteiger partial charge on any atom is 0.239 e. The number of amides is 1. The van der Waals surface area contributed by atoms with Crippen molar-refractivity contribution in [1.29, 1.82) is 0 Å². The van der Waals surface area contributed by atoms with Crippen LogP contribution in [0.15, 0.2) is 0 Å². The third-order valence-electron chi connectivity index (χ3n) is 2.92. The van der Waals surface area contributed by atoms with Crippen LogP contribution >= 0.6 is 0 Å². The Morgan fingerprint density at radius 2 is 2.38 bits per heavy atom. The van der Waals surface area contributed by atoms with E-state index in [2.05, 4.69) is 19.2 Å². The van der Waals surface area contributed by atoms with E-state index in [1.54, 1.807) is 7.11 Å². The predicted octanol–water partition coefficient (Wildman–Crippen LogP) is 0.869. The SMILES string of the molecule is CCCNC1CCN(CC(C)COC)C1=O. The molecule has 0 spiro atoms. The first-order chi connectivity index (χ1) is 7.69. The van der Waals surface area contributed by atoms with Crippen molar-refractivity contribution in [1.82, 2.24) is 10.2 Å². The fourth-order valence-electron chi connectivity index (χ4n) is 2.14. The summed E-state index contributed by atoms with van der Waals surface area (Å²) < 4.78 is 5.09. The Balaban J connectivity index is 2.32. The minimum Gasteiger partial charge on any atom is -0.384 e. The average molecular weight is 228 g/mol. The maximum absolute atomic E-state index is 12.0. The number of nitrogens with zero attached hydrogens (tertiary/aromatic N) is 1. The van der Waals surface area contributed by atoms with Crippen molar-refractivity contribution in [2.24, 2.45) is 5.92 Å². The molecule has 1 amide bonds. The van der Waals surface area contributed by atoms with Crippen molar-refractivity contribution in [3.05, 3.63) is 0 Å². The van der Waals surface area contributed by atoms with Gasteiger partial charge in [0.1, 0.15) is 0 Å². The standard InChI is InChI=1S/C12H24N2O2/c1-4-6-13-11-5-7-14(12(11)15)8-10(2)9-16-3/h10-11,13H,4-9H2,1-3H3. The molecule has 4 nitrogen and oxygen atoms in total. The number of carbonyl (C=O) groups excluding carboxylic acids is 1. The molecule has 16 heavy (non-hydrogen) atoms. The summed E-state index contributed by atoms with van der Waals surface area (Å²) in [5, 5.41) is 3.29. The second kappa shape index (κ2) is 6.86. The van der Waals surface area contributed by atoms with Crippen LogP contribution < -0.4 is 5.32 Å². The molecule has 1 aliphatic rings. The first-order valence-electron chi connectivity index (χ1n) is 6.20. The number of rotatable bonds is 7. The maximum atomic E-state index is 12.0. The summed E-state index contributed by atoms with van der Waals surface area (Å²) >= 11 is 0. The van der Waals surface area contributed by atoms with Crippen LogP contribution in [0.4, 0.5) is 0 Å². The predicted molar refractivity (Wildman–Crippen MR) is 64.3 cm³/mol. The van der Waals surface area contributed by atoms with E-state index in [9.17, 15) is 4.79 Å². The van der Waals surface area contributed by atoms with Crippen LogP contribution in [0.25, 0.3) is 0 Å². The minimum absolute atomic E-state index is 0.0506. The van der Waals surface area contributed by atoms with Crippen LogP contribution in [-0.2, 0) is 9.53 Å². The van der Waals surface area contributed by atoms with Crippen LogP contribution in [0.5, 0.6) is 0 Å². The van der Waals surface area contributed by atoms with E-state index in [0.29, 0.717) is 5.92 Å². The van der Waals surface area contributed by atoms with Gasteiger partial charge in [-0.3, -0.25) is 4.79 Å². The molecule has 1 N–H and O–H groups in total. The first-order valence-corrected chi connectivity index (χ1v) is 6.20. The molecule has 0 aromatic carbocycles. The van der Waals surface area contributed by atoms with Gasteiger partial charge in [-0.1, -0.05) is 13.8 Å². The summed E-state index contributed by atoms with van der Waals surface area (Å²) in [6, 6.07) is 0.0506. The highest BCUT2D eigenvalue weighted by molar-refractivity contribution is 5.83. The molecular weight excluding hydrogens is 204 g/mol. The lowest BCUT2D eigenvalue weighted by Crippen LogP contribution is -2.40. The van der Waals surface area contributed by atoms with Crippen LogP contribution in [0.3, 0.4) is 0 Å². The summed E-state index contributed by atoms with van der Waals surface area (Å²) in [7, 11) is 1.70. The van der Waals surface area contributed by atoms with E-state index in [1.807, 2.05) is 4.90 Å². The van der Waals surface area contributed by atoms with Crippen molar-refractivity contribution in [2.75, 3.05) is 33.4 Å². The molecule has 0 aromatic rings. The van der Waals surface area contributed by atoms with Crippen LogP contribution in [0, 0.1) is 5.92 Å². The van der Waals surface area contributed by atoms with E-state index in [-0.39, 0.29) is 11.9 Å². The molecule has 1 fully saturated rings. The fraction of sp³-hybridized carbons (Fsp3) is 0.917. The molecule has 1 rings (SSSR count). The topological polar surface area (TPSA) is 41.6 Å². The van der Waals surface area contributed by atoms with Crippen molar-refractivity contribution in [3.63, 3.8) is 0 Å². The molecule has 1 aliphatic heterocycles. The van der Waals surface area contributed by atoms with E-state index in [0.717, 1.165) is 39.1 Å². The number of methoxy groups -OCH3 is 1. The fourth-order valence-corrected chi connectivity index (χ4v) is 2.14. The molecule has 0 radical (unpaired) electrons. The van der Waals surface area contributed by atoms with E-state index in [1.165, 1.54) is 0 Å². The summed E-state index contributed by atoms with van der Waals surface area (Å²) in [6.45, 7) is 7.58. The van der Waals surface area contributed by atoms with Gasteiger partial charge >= 0.3 is 0 Å². The smallest absolute Gasteiger partial charge is 0.239 e. The molecule has 0 saturated carbocycles. The van der Waals surface area contributed by atoms with Gasteiger partial charge in [0.25, 0.3) is 0 Å². The van der Waals surface area contributed by atoms with Crippen LogP contribution in [-0.4, -0.2) is 50.2 Å². The molecule has 0 aliphatic carbocycles. The van der Waals surface area contributed by atoms with E-state index >= 15 is 0 Å². The monoisotopic (exact) mass is 228 g/mol. The third-order valence-corrected chi connectivity index (χ3v) is 2.92. The van der Waals surface area contributed by atoms with Gasteiger partial charge < -0.3 is 15.0 Å². The molecule has 1 saturated heterocycles. The van der Waals surface area contributed by atoms with E-state index < -0.39 is 0 Å². The quantitative estimate of drug-likeness (QED) is 0.703. The van der Waals surface area contributed by atoms with Gasteiger partial charge in [0.15, 0.2) is 0 Å². The largest absolute Gasteiger partial charge is 0.384 e. The second-order valence-corrected chi connectivity index (χ2v) is 4.64. The van der Waals surface area contributed by atoms with Gasteiger partial charge in [0.05, 0.1) is 12.6 Å². The molecule has 0 bridgehead atoms. The zero-order valence-corrected chi connectivity index (χ0v) is 10.7. The van der Waals surface area contributed by atoms with Gasteiger partial charge in [0, 0.05) is 20.2 Å². The Labute approximate surface area is 98.3 Å². The molecule has 0 aromatic heterocycles. The van der Waals surface area contributed by atoms with Gasteiger partial charge in [-0.05, 0) is 25.3 Å². The number of hydrogen-bond acceptors (Lipinski definition) is 3. The Kier molecular flexibility index (Phi) is 5.77. The zero-order chi connectivity index (χ0) is 12.0. The number of ether oxygens (including phenoxy) is 1. The Morgan fingerprint density at radius 1 is 1.62 bits per heavy atom. The summed E-state index contributed by atoms with van der Waals surface area (Å²) in [5.74, 6) is 0.676. The normalized spacial score (nSPS) is 22.8. The van der Waals surface area contributed by atoms with Crippen molar-refractivity contribution in [3.8, 4) is 0 Å². The second-order valence-electron chi connectivity index (χ2n) is 4.64. The van der Waals surface area contributed by atoms with Crippen molar-refractivity contribution < 1.29 is 9.53 Å². The third kappa shape index (κ3) is 3.76. The molecule has 1 heterocycles. The van der Waals surface area contributed by atoms with E-state index in [4.69, 9.17) is 4.74 Å². The lowest BCUT2D eigenvalue weighted by atomic mass is 10.2. The molecular formula is C12H24N2O2. The number of nitrogens with one attached hydrogen (secondary N) is 1. The lowest BCUT2D eigenvalue weighted by Gasteiger charge is -2.21. The van der Waals surface area contributed by atoms with Crippen molar-refractivity contribution >= 4 is 5.91 Å². The molecule has 4 heteroatoms. The van der Waals surface area contributed by atoms with Gasteiger partial charge in [-0.25, -0.2) is 0 Å². The van der Waals surface area contributed by atoms with Gasteiger partial charge in [-0.2, -0.15) is 0 Å². The lowest BCUT2D eigenvalue weighted by molar-refractivity contribution is -0.130. The van der Waals surface area contributed by atoms with Crippen LogP contribution in [0.1, 0.15) is 26.7 Å². The first kappa shape index (κ1) is 13.5. The Bertz CT molecular complexity index is 221. The molecule has 94 valence electrons. The number of hydrogen-bond donors (Lipinski definition) is 1. The minimum atomic E-state index is 0.0506. The number of carbonyl (C=O) groups is 1. The highest BCUT2D eigenvalue weighted by Crippen LogP contribution is 2.13. The highest BCUT2D eigenvalue weighted by Gasteiger charge is 2.31. The zero-order valence-electron chi connectivity index (χ0n) is 10.7. The van der Waals surface area contributed by atoms with Gasteiger partial charge in [0.2, 0.25) is 5.91 Å². The summed E-state index contributed by atoms with van der Waals surface area (Å²) in [4.78, 5) is 13.9. The highest BCUT2D eigenvalue weighted by atomic mass is 16.5. The number of likely N-dealkylation sites (tertiary alicyclic amines) is 1. The van der Waals surface area contributed by atoms with Crippen molar-refractivity contribution in [2.45, 2.75) is 32.7 Å². The van der Waals surface area contributed by atoms with Gasteiger partial charge in [-0.15, -0.1) is 0 Å². The van der Waals surface area contributed by atoms with Crippen LogP contribution in [0.2, 0.25) is 0 Å². The summed E-state index contributed by atoms with van der Waals surface area (Å²) in [6.07, 6.45) is 2.02. The summed E-state index contributed by atoms with van der Waals surface area (Å²) in [5.41, 5.74) is 0. The average Bonchev–Trinajstić information content (AvgIpc) is 2.58. The Morgan fingerprint density at radius 3 is 3.00 bits per heavy atom.